The number of rotatable bonds is 8. The third kappa shape index (κ3) is 5.77. The van der Waals surface area contributed by atoms with E-state index in [-0.39, 0.29) is 16.7 Å². The Morgan fingerprint density at radius 1 is 1.35 bits per heavy atom. The topological polar surface area (TPSA) is 118 Å². The van der Waals surface area contributed by atoms with Crippen molar-refractivity contribution in [3.63, 3.8) is 0 Å². The molecule has 0 amide bonds. The highest BCUT2D eigenvalue weighted by Gasteiger charge is 2.17. The number of ether oxygens (including phenoxy) is 2. The third-order valence-electron chi connectivity index (χ3n) is 3.97. The third-order valence-corrected chi connectivity index (χ3v) is 5.63. The molecule has 0 aliphatic rings. The van der Waals surface area contributed by atoms with Gasteiger partial charge in [0.15, 0.2) is 11.5 Å². The zero-order chi connectivity index (χ0) is 22.4. The second-order valence-corrected chi connectivity index (χ2v) is 8.25. The molecule has 0 fully saturated rings. The summed E-state index contributed by atoms with van der Waals surface area (Å²) in [7, 11) is 1.50. The van der Waals surface area contributed by atoms with Gasteiger partial charge < -0.3 is 19.0 Å². The molecule has 8 nitrogen and oxygen atoms in total. The van der Waals surface area contributed by atoms with Crippen LogP contribution < -0.4 is 9.47 Å². The summed E-state index contributed by atoms with van der Waals surface area (Å²) in [6.45, 7) is 1.82. The minimum Gasteiger partial charge on any atom is -0.493 e. The number of hydrogen-bond acceptors (Lipinski definition) is 8. The van der Waals surface area contributed by atoms with Gasteiger partial charge in [0.25, 0.3) is 5.22 Å². The van der Waals surface area contributed by atoms with Gasteiger partial charge >= 0.3 is 5.97 Å². The second-order valence-electron chi connectivity index (χ2n) is 6.09. The van der Waals surface area contributed by atoms with Gasteiger partial charge in [-0.3, -0.25) is 0 Å². The summed E-state index contributed by atoms with van der Waals surface area (Å²) in [4.78, 5) is 11.7. The van der Waals surface area contributed by atoms with Gasteiger partial charge in [-0.15, -0.1) is 10.2 Å². The molecule has 0 bridgehead atoms. The van der Waals surface area contributed by atoms with Gasteiger partial charge in [0.1, 0.15) is 11.5 Å². The molecule has 0 aliphatic carbocycles. The molecule has 1 N–H and O–H groups in total. The van der Waals surface area contributed by atoms with Gasteiger partial charge in [0.05, 0.1) is 22.3 Å². The molecule has 0 radical (unpaired) electrons. The first-order valence-corrected chi connectivity index (χ1v) is 10.7. The molecule has 31 heavy (non-hydrogen) atoms. The first-order chi connectivity index (χ1) is 14.9. The lowest BCUT2D eigenvalue weighted by Crippen LogP contribution is -2.02. The largest absolute Gasteiger partial charge is 0.493 e. The molecule has 0 aliphatic heterocycles. The number of aliphatic carboxylic acids is 1. The van der Waals surface area contributed by atoms with Crippen LogP contribution >= 0.6 is 34.4 Å². The fourth-order valence-electron chi connectivity index (χ4n) is 2.57. The van der Waals surface area contributed by atoms with Crippen molar-refractivity contribution in [3.05, 3.63) is 67.5 Å². The predicted molar refractivity (Wildman–Crippen MR) is 122 cm³/mol. The van der Waals surface area contributed by atoms with Crippen molar-refractivity contribution in [2.24, 2.45) is 0 Å². The molecular formula is C21H16IN3O5S. The molecule has 0 unspecified atom stereocenters. The monoisotopic (exact) mass is 549 g/mol. The quantitative estimate of drug-likeness (QED) is 0.243. The molecular weight excluding hydrogens is 533 g/mol. The van der Waals surface area contributed by atoms with Gasteiger partial charge in [-0.25, -0.2) is 4.79 Å². The summed E-state index contributed by atoms with van der Waals surface area (Å²) in [5.74, 6) is 0.173. The minimum atomic E-state index is -1.12. The lowest BCUT2D eigenvalue weighted by atomic mass is 10.1. The van der Waals surface area contributed by atoms with Crippen molar-refractivity contribution in [2.75, 3.05) is 7.11 Å². The zero-order valence-corrected chi connectivity index (χ0v) is 19.4. The Hall–Kier alpha value is -3.04. The number of halogens is 1. The molecule has 1 heterocycles. The number of nitriles is 1. The number of aromatic nitrogens is 2. The highest BCUT2D eigenvalue weighted by Crippen LogP contribution is 2.36. The van der Waals surface area contributed by atoms with E-state index < -0.39 is 5.97 Å². The van der Waals surface area contributed by atoms with E-state index in [1.165, 1.54) is 13.2 Å². The van der Waals surface area contributed by atoms with E-state index in [2.05, 4.69) is 38.9 Å². The maximum absolute atomic E-state index is 11.7. The zero-order valence-electron chi connectivity index (χ0n) is 16.5. The van der Waals surface area contributed by atoms with Crippen LogP contribution in [0.5, 0.6) is 11.5 Å². The fraction of sp³-hybridized carbons (Fsp3) is 0.143. The minimum absolute atomic E-state index is 0.0121. The molecule has 2 aromatic carbocycles. The fourth-order valence-corrected chi connectivity index (χ4v) is 4.06. The van der Waals surface area contributed by atoms with Crippen LogP contribution in [0.1, 0.15) is 22.6 Å². The molecule has 10 heteroatoms. The molecule has 0 atom stereocenters. The number of benzene rings is 2. The van der Waals surface area contributed by atoms with E-state index in [9.17, 15) is 15.2 Å². The van der Waals surface area contributed by atoms with E-state index in [0.717, 1.165) is 20.9 Å². The Kier molecular flexibility index (Phi) is 7.54. The van der Waals surface area contributed by atoms with E-state index in [0.29, 0.717) is 28.5 Å². The van der Waals surface area contributed by atoms with Crippen molar-refractivity contribution in [3.8, 4) is 17.6 Å². The number of aryl methyl sites for hydroxylation is 1. The Morgan fingerprint density at radius 3 is 2.77 bits per heavy atom. The SMILES string of the molecule is COc1cc(/C=C(\Sc2nnc(C)o2)C(=O)O)cc(I)c1OCc1ccccc1C#N. The van der Waals surface area contributed by atoms with Gasteiger partial charge in [0, 0.05) is 12.5 Å². The summed E-state index contributed by atoms with van der Waals surface area (Å²) >= 11 is 2.96. The van der Waals surface area contributed by atoms with Crippen molar-refractivity contribution in [1.29, 1.82) is 5.26 Å². The van der Waals surface area contributed by atoms with Crippen molar-refractivity contribution < 1.29 is 23.8 Å². The molecule has 3 aromatic rings. The summed E-state index contributed by atoms with van der Waals surface area (Å²) in [6, 6.07) is 12.8. The second kappa shape index (κ2) is 10.3. The first-order valence-electron chi connectivity index (χ1n) is 8.82. The molecule has 0 saturated heterocycles. The highest BCUT2D eigenvalue weighted by atomic mass is 127. The van der Waals surface area contributed by atoms with Crippen LogP contribution in [-0.4, -0.2) is 28.4 Å². The molecule has 0 spiro atoms. The van der Waals surface area contributed by atoms with Gasteiger partial charge in [-0.05, 0) is 64.2 Å². The van der Waals surface area contributed by atoms with Crippen LogP contribution in [0.3, 0.4) is 0 Å². The Labute approximate surface area is 196 Å². The average Bonchev–Trinajstić information content (AvgIpc) is 3.16. The maximum Gasteiger partial charge on any atom is 0.342 e. The van der Waals surface area contributed by atoms with E-state index in [1.54, 1.807) is 31.2 Å². The predicted octanol–water partition coefficient (Wildman–Crippen LogP) is 4.66. The number of carbonyl (C=O) groups is 1. The Bertz CT molecular complexity index is 1190. The Morgan fingerprint density at radius 2 is 2.13 bits per heavy atom. The van der Waals surface area contributed by atoms with E-state index >= 15 is 0 Å². The van der Waals surface area contributed by atoms with Crippen LogP contribution in [0.2, 0.25) is 0 Å². The summed E-state index contributed by atoms with van der Waals surface area (Å²) in [6.07, 6.45) is 1.49. The maximum atomic E-state index is 11.7. The normalized spacial score (nSPS) is 11.1. The lowest BCUT2D eigenvalue weighted by Gasteiger charge is -2.14. The lowest BCUT2D eigenvalue weighted by molar-refractivity contribution is -0.131. The molecule has 3 rings (SSSR count). The van der Waals surface area contributed by atoms with Crippen molar-refractivity contribution >= 4 is 46.4 Å². The standard InChI is InChI=1S/C21H16IN3O5S/c1-12-24-25-21(30-12)31-18(20(26)27)9-13-7-16(22)19(17(8-13)28-2)29-11-15-6-4-3-5-14(15)10-23/h3-9H,11H2,1-2H3,(H,26,27)/b18-9-. The van der Waals surface area contributed by atoms with Crippen LogP contribution in [-0.2, 0) is 11.4 Å². The Balaban J connectivity index is 1.87. The van der Waals surface area contributed by atoms with Crippen molar-refractivity contribution in [2.45, 2.75) is 18.8 Å². The van der Waals surface area contributed by atoms with Crippen molar-refractivity contribution in [1.82, 2.24) is 10.2 Å². The summed E-state index contributed by atoms with van der Waals surface area (Å²) in [5.41, 5.74) is 1.90. The smallest absolute Gasteiger partial charge is 0.342 e. The van der Waals surface area contributed by atoms with Crippen LogP contribution in [0, 0.1) is 21.8 Å². The number of nitrogens with zero attached hydrogens (tertiary/aromatic N) is 3. The first kappa shape index (κ1) is 22.6. The molecule has 0 saturated carbocycles. The molecule has 158 valence electrons. The number of hydrogen-bond donors (Lipinski definition) is 1. The summed E-state index contributed by atoms with van der Waals surface area (Å²) in [5, 5.41) is 26.4. The van der Waals surface area contributed by atoms with Gasteiger partial charge in [-0.1, -0.05) is 18.2 Å². The van der Waals surface area contributed by atoms with Crippen LogP contribution in [0.4, 0.5) is 0 Å². The van der Waals surface area contributed by atoms with Crippen LogP contribution in [0.25, 0.3) is 6.08 Å². The highest BCUT2D eigenvalue weighted by molar-refractivity contribution is 14.1. The number of carboxylic acid groups (broad SMARTS) is 1. The average molecular weight is 549 g/mol. The van der Waals surface area contributed by atoms with Crippen LogP contribution in [0.15, 0.2) is 50.9 Å². The van der Waals surface area contributed by atoms with Gasteiger partial charge in [-0.2, -0.15) is 5.26 Å². The molecule has 1 aromatic heterocycles. The van der Waals surface area contributed by atoms with Gasteiger partial charge in [0.2, 0.25) is 5.89 Å². The number of carboxylic acids is 1. The number of methoxy groups -OCH3 is 1. The number of thioether (sulfide) groups is 1. The van der Waals surface area contributed by atoms with E-state index in [4.69, 9.17) is 13.9 Å². The summed E-state index contributed by atoms with van der Waals surface area (Å²) < 4.78 is 17.4. The van der Waals surface area contributed by atoms with E-state index in [1.807, 2.05) is 12.1 Å².